The van der Waals surface area contributed by atoms with Crippen LogP contribution < -0.4 is 15.4 Å². The molecule has 2 aromatic rings. The maximum Gasteiger partial charge on any atom is 0.315 e. The largest absolute Gasteiger partial charge is 0.487 e. The van der Waals surface area contributed by atoms with E-state index in [0.717, 1.165) is 5.01 Å². The number of thiazole rings is 1. The van der Waals surface area contributed by atoms with Crippen molar-refractivity contribution >= 4 is 29.0 Å². The van der Waals surface area contributed by atoms with Crippen molar-refractivity contribution in [3.05, 3.63) is 45.9 Å². The Morgan fingerprint density at radius 3 is 2.86 bits per heavy atom. The molecule has 0 saturated heterocycles. The molecular formula is C15H18ClN3O2S. The van der Waals surface area contributed by atoms with E-state index in [1.54, 1.807) is 18.3 Å². The number of ether oxygens (including phenoxy) is 1. The van der Waals surface area contributed by atoms with Gasteiger partial charge in [0.05, 0.1) is 17.6 Å². The summed E-state index contributed by atoms with van der Waals surface area (Å²) in [6.07, 6.45) is 1.52. The number of urea groups is 1. The minimum atomic E-state index is -0.252. The third-order valence-electron chi connectivity index (χ3n) is 2.88. The van der Waals surface area contributed by atoms with Gasteiger partial charge in [0.1, 0.15) is 16.9 Å². The summed E-state index contributed by atoms with van der Waals surface area (Å²) in [5, 5.41) is 8.91. The topological polar surface area (TPSA) is 63.2 Å². The van der Waals surface area contributed by atoms with Gasteiger partial charge in [-0.3, -0.25) is 0 Å². The van der Waals surface area contributed by atoms with Gasteiger partial charge in [0.15, 0.2) is 0 Å². The molecule has 2 rings (SSSR count). The first-order chi connectivity index (χ1) is 10.6. The molecule has 0 aliphatic rings. The van der Waals surface area contributed by atoms with E-state index in [4.69, 9.17) is 16.3 Å². The van der Waals surface area contributed by atoms with Gasteiger partial charge in [-0.15, -0.1) is 11.3 Å². The zero-order valence-corrected chi connectivity index (χ0v) is 13.9. The summed E-state index contributed by atoms with van der Waals surface area (Å²) >= 11 is 7.53. The first-order valence-electron chi connectivity index (χ1n) is 6.91. The lowest BCUT2D eigenvalue weighted by Crippen LogP contribution is -2.41. The highest BCUT2D eigenvalue weighted by Crippen LogP contribution is 2.24. The van der Waals surface area contributed by atoms with Crippen LogP contribution in [0.5, 0.6) is 5.75 Å². The number of benzene rings is 1. The normalized spacial score (nSPS) is 13.2. The van der Waals surface area contributed by atoms with Crippen LogP contribution in [-0.2, 0) is 0 Å². The van der Waals surface area contributed by atoms with Crippen molar-refractivity contribution in [2.24, 2.45) is 0 Å². The first kappa shape index (κ1) is 16.6. The van der Waals surface area contributed by atoms with E-state index in [0.29, 0.717) is 17.3 Å². The Morgan fingerprint density at radius 2 is 2.18 bits per heavy atom. The standard InChI is InChI=1S/C15H18ClN3O2S/c1-10(21-13-6-4-3-5-12(13)16)9-18-15(20)19-11(2)14-17-7-8-22-14/h3-8,10-11H,9H2,1-2H3,(H2,18,19,20)/t10-,11-/m1/s1. The van der Waals surface area contributed by atoms with E-state index in [1.165, 1.54) is 11.3 Å². The summed E-state index contributed by atoms with van der Waals surface area (Å²) in [6, 6.07) is 6.87. The smallest absolute Gasteiger partial charge is 0.315 e. The fourth-order valence-corrected chi connectivity index (χ4v) is 2.62. The zero-order chi connectivity index (χ0) is 15.9. The summed E-state index contributed by atoms with van der Waals surface area (Å²) in [7, 11) is 0. The Labute approximate surface area is 138 Å². The van der Waals surface area contributed by atoms with Crippen molar-refractivity contribution in [1.29, 1.82) is 0 Å². The Hall–Kier alpha value is -1.79. The molecule has 0 unspecified atom stereocenters. The van der Waals surface area contributed by atoms with Gasteiger partial charge >= 0.3 is 6.03 Å². The maximum atomic E-state index is 11.8. The second-order valence-electron chi connectivity index (χ2n) is 4.81. The zero-order valence-electron chi connectivity index (χ0n) is 12.4. The van der Waals surface area contributed by atoms with E-state index >= 15 is 0 Å². The number of para-hydroxylation sites is 1. The molecule has 0 aliphatic heterocycles. The molecule has 0 bridgehead atoms. The SMILES string of the molecule is C[C@H](CNC(=O)N[C@H](C)c1nccs1)Oc1ccccc1Cl. The third-order valence-corrected chi connectivity index (χ3v) is 4.15. The highest BCUT2D eigenvalue weighted by molar-refractivity contribution is 7.09. The average molecular weight is 340 g/mol. The lowest BCUT2D eigenvalue weighted by Gasteiger charge is -2.17. The Bertz CT molecular complexity index is 607. The first-order valence-corrected chi connectivity index (χ1v) is 8.17. The van der Waals surface area contributed by atoms with Gasteiger partial charge in [-0.05, 0) is 26.0 Å². The van der Waals surface area contributed by atoms with Crippen LogP contribution >= 0.6 is 22.9 Å². The second kappa shape index (κ2) is 8.00. The predicted octanol–water partition coefficient (Wildman–Crippen LogP) is 3.62. The van der Waals surface area contributed by atoms with Gasteiger partial charge in [-0.1, -0.05) is 23.7 Å². The van der Waals surface area contributed by atoms with Crippen LogP contribution in [0.3, 0.4) is 0 Å². The summed E-state index contributed by atoms with van der Waals surface area (Å²) < 4.78 is 5.69. The molecule has 118 valence electrons. The van der Waals surface area contributed by atoms with Crippen LogP contribution in [0.1, 0.15) is 24.9 Å². The lowest BCUT2D eigenvalue weighted by atomic mass is 10.3. The van der Waals surface area contributed by atoms with Crippen LogP contribution in [0.15, 0.2) is 35.8 Å². The fraction of sp³-hybridized carbons (Fsp3) is 0.333. The van der Waals surface area contributed by atoms with Crippen molar-refractivity contribution in [2.75, 3.05) is 6.54 Å². The highest BCUT2D eigenvalue weighted by Gasteiger charge is 2.13. The van der Waals surface area contributed by atoms with Crippen LogP contribution in [0.2, 0.25) is 5.02 Å². The van der Waals surface area contributed by atoms with E-state index in [-0.39, 0.29) is 18.2 Å². The molecule has 0 saturated carbocycles. The van der Waals surface area contributed by atoms with E-state index in [1.807, 2.05) is 31.4 Å². The lowest BCUT2D eigenvalue weighted by molar-refractivity contribution is 0.206. The Kier molecular flexibility index (Phi) is 6.03. The van der Waals surface area contributed by atoms with Crippen molar-refractivity contribution < 1.29 is 9.53 Å². The van der Waals surface area contributed by atoms with Crippen molar-refractivity contribution in [3.8, 4) is 5.75 Å². The third kappa shape index (κ3) is 4.89. The van der Waals surface area contributed by atoms with Crippen LogP contribution in [0.4, 0.5) is 4.79 Å². The van der Waals surface area contributed by atoms with Crippen molar-refractivity contribution in [3.63, 3.8) is 0 Å². The average Bonchev–Trinajstić information content (AvgIpc) is 3.02. The van der Waals surface area contributed by atoms with Gasteiger partial charge in [0.2, 0.25) is 0 Å². The molecule has 0 radical (unpaired) electrons. The number of hydrogen-bond acceptors (Lipinski definition) is 4. The number of aromatic nitrogens is 1. The number of hydrogen-bond donors (Lipinski definition) is 2. The number of amides is 2. The number of carbonyl (C=O) groups is 1. The molecule has 22 heavy (non-hydrogen) atoms. The summed E-state index contributed by atoms with van der Waals surface area (Å²) in [4.78, 5) is 16.0. The Balaban J connectivity index is 1.75. The molecule has 2 N–H and O–H groups in total. The van der Waals surface area contributed by atoms with Gasteiger partial charge < -0.3 is 15.4 Å². The quantitative estimate of drug-likeness (QED) is 0.844. The van der Waals surface area contributed by atoms with Crippen LogP contribution in [0.25, 0.3) is 0 Å². The van der Waals surface area contributed by atoms with E-state index < -0.39 is 0 Å². The minimum absolute atomic E-state index is 0.125. The molecule has 2 amide bonds. The van der Waals surface area contributed by atoms with Crippen LogP contribution in [0, 0.1) is 0 Å². The monoisotopic (exact) mass is 339 g/mol. The minimum Gasteiger partial charge on any atom is -0.487 e. The molecule has 0 fully saturated rings. The number of nitrogens with one attached hydrogen (secondary N) is 2. The number of rotatable bonds is 6. The number of halogens is 1. The van der Waals surface area contributed by atoms with Gasteiger partial charge in [0.25, 0.3) is 0 Å². The number of nitrogens with zero attached hydrogens (tertiary/aromatic N) is 1. The Morgan fingerprint density at radius 1 is 1.41 bits per heavy atom. The molecule has 1 heterocycles. The second-order valence-corrected chi connectivity index (χ2v) is 6.14. The molecule has 1 aromatic heterocycles. The van der Waals surface area contributed by atoms with E-state index in [9.17, 15) is 4.79 Å². The van der Waals surface area contributed by atoms with Gasteiger partial charge in [-0.2, -0.15) is 0 Å². The molecule has 0 spiro atoms. The molecule has 5 nitrogen and oxygen atoms in total. The molecular weight excluding hydrogens is 322 g/mol. The van der Waals surface area contributed by atoms with E-state index in [2.05, 4.69) is 15.6 Å². The molecule has 2 atom stereocenters. The van der Waals surface area contributed by atoms with Gasteiger partial charge in [0, 0.05) is 11.6 Å². The predicted molar refractivity (Wildman–Crippen MR) is 88.6 cm³/mol. The summed E-state index contributed by atoms with van der Waals surface area (Å²) in [5.41, 5.74) is 0. The van der Waals surface area contributed by atoms with Crippen molar-refractivity contribution in [2.45, 2.75) is 26.0 Å². The van der Waals surface area contributed by atoms with Crippen molar-refractivity contribution in [1.82, 2.24) is 15.6 Å². The van der Waals surface area contributed by atoms with Crippen LogP contribution in [-0.4, -0.2) is 23.7 Å². The number of carbonyl (C=O) groups excluding carboxylic acids is 1. The fourth-order valence-electron chi connectivity index (χ4n) is 1.79. The maximum absolute atomic E-state index is 11.8. The molecule has 0 aliphatic carbocycles. The summed E-state index contributed by atoms with van der Waals surface area (Å²) in [5.74, 6) is 0.607. The molecule has 7 heteroatoms. The summed E-state index contributed by atoms with van der Waals surface area (Å²) in [6.45, 7) is 4.14. The molecule has 1 aromatic carbocycles. The highest BCUT2D eigenvalue weighted by atomic mass is 35.5. The van der Waals surface area contributed by atoms with Gasteiger partial charge in [-0.25, -0.2) is 9.78 Å².